The third-order valence-corrected chi connectivity index (χ3v) is 5.04. The Bertz CT molecular complexity index is 874. The van der Waals surface area contributed by atoms with E-state index in [4.69, 9.17) is 0 Å². The molecular formula is C22H19BrFNO. The van der Waals surface area contributed by atoms with E-state index in [1.54, 1.807) is 6.92 Å². The van der Waals surface area contributed by atoms with Crippen molar-refractivity contribution in [1.82, 2.24) is 4.98 Å². The first-order valence-electron chi connectivity index (χ1n) is 8.41. The molecule has 0 aliphatic rings. The number of hydrogen-bond acceptors (Lipinski definition) is 2. The fraction of sp³-hybridized carbons (Fsp3) is 0.182. The van der Waals surface area contributed by atoms with Crippen molar-refractivity contribution < 1.29 is 9.18 Å². The average Bonchev–Trinajstić information content (AvgIpc) is 2.63. The summed E-state index contributed by atoms with van der Waals surface area (Å²) >= 11 is 3.45. The first kappa shape index (κ1) is 18.5. The minimum atomic E-state index is -0.630. The molecule has 3 aromatic rings. The summed E-state index contributed by atoms with van der Waals surface area (Å²) in [5.74, 6) is -0.807. The van der Waals surface area contributed by atoms with Gasteiger partial charge in [0.15, 0.2) is 5.78 Å². The first-order chi connectivity index (χ1) is 12.4. The van der Waals surface area contributed by atoms with Gasteiger partial charge in [-0.15, -0.1) is 0 Å². The van der Waals surface area contributed by atoms with Crippen LogP contribution in [-0.2, 0) is 0 Å². The minimum absolute atomic E-state index is 0.0858. The molecule has 0 saturated carbocycles. The van der Waals surface area contributed by atoms with Crippen molar-refractivity contribution in [2.45, 2.75) is 26.2 Å². The lowest BCUT2D eigenvalue weighted by Crippen LogP contribution is -2.11. The van der Waals surface area contributed by atoms with Crippen LogP contribution in [0.15, 0.2) is 65.3 Å². The van der Waals surface area contributed by atoms with Gasteiger partial charge in [-0.3, -0.25) is 4.79 Å². The highest BCUT2D eigenvalue weighted by molar-refractivity contribution is 9.10. The van der Waals surface area contributed by atoms with Gasteiger partial charge in [-0.25, -0.2) is 4.98 Å². The zero-order chi connectivity index (χ0) is 18.7. The van der Waals surface area contributed by atoms with E-state index < -0.39 is 5.95 Å². The van der Waals surface area contributed by atoms with Gasteiger partial charge < -0.3 is 0 Å². The SMILES string of the molecule is Cc1ccc(C(CC(=O)c2cc(F)ncc2C)c2ccc(Br)cc2)cc1. The number of carbonyl (C=O) groups is 1. The van der Waals surface area contributed by atoms with E-state index in [2.05, 4.69) is 33.0 Å². The monoisotopic (exact) mass is 411 g/mol. The molecule has 0 amide bonds. The lowest BCUT2D eigenvalue weighted by Gasteiger charge is -2.18. The first-order valence-corrected chi connectivity index (χ1v) is 9.20. The highest BCUT2D eigenvalue weighted by atomic mass is 79.9. The standard InChI is InChI=1S/C22H19BrFNO/c1-14-3-5-16(6-4-14)20(17-7-9-18(23)10-8-17)11-21(26)19-12-22(24)25-13-15(19)2/h3-10,12-13,20H,11H2,1-2H3. The van der Waals surface area contributed by atoms with Crippen LogP contribution in [-0.4, -0.2) is 10.8 Å². The van der Waals surface area contributed by atoms with E-state index in [9.17, 15) is 9.18 Å². The molecular weight excluding hydrogens is 393 g/mol. The van der Waals surface area contributed by atoms with Crippen molar-refractivity contribution in [3.05, 3.63) is 99.0 Å². The maximum atomic E-state index is 13.5. The molecule has 1 heterocycles. The van der Waals surface area contributed by atoms with Gasteiger partial charge in [0.2, 0.25) is 5.95 Å². The summed E-state index contributed by atoms with van der Waals surface area (Å²) in [5, 5.41) is 0. The van der Waals surface area contributed by atoms with Gasteiger partial charge in [-0.1, -0.05) is 57.9 Å². The minimum Gasteiger partial charge on any atom is -0.294 e. The van der Waals surface area contributed by atoms with Crippen molar-refractivity contribution >= 4 is 21.7 Å². The second-order valence-electron chi connectivity index (χ2n) is 6.46. The number of rotatable bonds is 5. The molecule has 26 heavy (non-hydrogen) atoms. The molecule has 1 aromatic heterocycles. The van der Waals surface area contributed by atoms with Crippen LogP contribution >= 0.6 is 15.9 Å². The second-order valence-corrected chi connectivity index (χ2v) is 7.38. The number of aryl methyl sites for hydroxylation is 2. The Morgan fingerprint density at radius 2 is 1.62 bits per heavy atom. The summed E-state index contributed by atoms with van der Waals surface area (Å²) < 4.78 is 14.5. The molecule has 0 aliphatic heterocycles. The highest BCUT2D eigenvalue weighted by Crippen LogP contribution is 2.31. The molecule has 4 heteroatoms. The molecule has 2 aromatic carbocycles. The van der Waals surface area contributed by atoms with Crippen LogP contribution in [0.25, 0.3) is 0 Å². The topological polar surface area (TPSA) is 30.0 Å². The Morgan fingerprint density at radius 3 is 2.23 bits per heavy atom. The number of benzene rings is 2. The Hall–Kier alpha value is -2.33. The summed E-state index contributed by atoms with van der Waals surface area (Å²) in [4.78, 5) is 16.5. The number of nitrogens with zero attached hydrogens (tertiary/aromatic N) is 1. The summed E-state index contributed by atoms with van der Waals surface area (Å²) in [6, 6.07) is 17.4. The maximum Gasteiger partial charge on any atom is 0.213 e. The number of Topliss-reactive ketones (excluding diaryl/α,β-unsaturated/α-hetero) is 1. The van der Waals surface area contributed by atoms with Gasteiger partial charge >= 0.3 is 0 Å². The molecule has 0 saturated heterocycles. The fourth-order valence-corrected chi connectivity index (χ4v) is 3.28. The van der Waals surface area contributed by atoms with E-state index in [1.807, 2.05) is 43.3 Å². The normalized spacial score (nSPS) is 12.0. The smallest absolute Gasteiger partial charge is 0.213 e. The summed E-state index contributed by atoms with van der Waals surface area (Å²) in [7, 11) is 0. The summed E-state index contributed by atoms with van der Waals surface area (Å²) in [6.45, 7) is 3.81. The van der Waals surface area contributed by atoms with Gasteiger partial charge in [-0.05, 0) is 42.7 Å². The number of pyridine rings is 1. The second kappa shape index (κ2) is 7.92. The van der Waals surface area contributed by atoms with Crippen molar-refractivity contribution in [2.75, 3.05) is 0 Å². The number of carbonyl (C=O) groups excluding carboxylic acids is 1. The molecule has 1 unspecified atom stereocenters. The van der Waals surface area contributed by atoms with Crippen LogP contribution in [0, 0.1) is 19.8 Å². The molecule has 1 atom stereocenters. The Kier molecular flexibility index (Phi) is 5.62. The van der Waals surface area contributed by atoms with Gasteiger partial charge in [0, 0.05) is 34.6 Å². The Balaban J connectivity index is 1.97. The largest absolute Gasteiger partial charge is 0.294 e. The van der Waals surface area contributed by atoms with Gasteiger partial charge in [0.25, 0.3) is 0 Å². The van der Waals surface area contributed by atoms with Crippen molar-refractivity contribution in [3.8, 4) is 0 Å². The molecule has 0 radical (unpaired) electrons. The molecule has 3 rings (SSSR count). The van der Waals surface area contributed by atoms with Crippen molar-refractivity contribution in [1.29, 1.82) is 0 Å². The van der Waals surface area contributed by atoms with Crippen molar-refractivity contribution in [3.63, 3.8) is 0 Å². The summed E-state index contributed by atoms with van der Waals surface area (Å²) in [5.41, 5.74) is 4.37. The van der Waals surface area contributed by atoms with E-state index in [0.717, 1.165) is 15.6 Å². The predicted molar refractivity (Wildman–Crippen MR) is 105 cm³/mol. The molecule has 0 aliphatic carbocycles. The number of aromatic nitrogens is 1. The van der Waals surface area contributed by atoms with Crippen LogP contribution in [0.3, 0.4) is 0 Å². The van der Waals surface area contributed by atoms with Crippen molar-refractivity contribution in [2.24, 2.45) is 0 Å². The van der Waals surface area contributed by atoms with E-state index in [-0.39, 0.29) is 18.1 Å². The van der Waals surface area contributed by atoms with E-state index >= 15 is 0 Å². The quantitative estimate of drug-likeness (QED) is 0.380. The number of ketones is 1. The lowest BCUT2D eigenvalue weighted by atomic mass is 9.85. The highest BCUT2D eigenvalue weighted by Gasteiger charge is 2.21. The van der Waals surface area contributed by atoms with Crippen LogP contribution in [0.2, 0.25) is 0 Å². The Labute approximate surface area is 161 Å². The van der Waals surface area contributed by atoms with Crippen LogP contribution < -0.4 is 0 Å². The van der Waals surface area contributed by atoms with Gasteiger partial charge in [0.1, 0.15) is 0 Å². The zero-order valence-electron chi connectivity index (χ0n) is 14.7. The molecule has 0 N–H and O–H groups in total. The van der Waals surface area contributed by atoms with E-state index in [0.29, 0.717) is 11.1 Å². The third kappa shape index (κ3) is 4.25. The van der Waals surface area contributed by atoms with Crippen LogP contribution in [0.5, 0.6) is 0 Å². The predicted octanol–water partition coefficient (Wildman–Crippen LogP) is 6.00. The van der Waals surface area contributed by atoms with Crippen LogP contribution in [0.1, 0.15) is 45.0 Å². The lowest BCUT2D eigenvalue weighted by molar-refractivity contribution is 0.0976. The maximum absolute atomic E-state index is 13.5. The average molecular weight is 412 g/mol. The molecule has 2 nitrogen and oxygen atoms in total. The molecule has 0 bridgehead atoms. The van der Waals surface area contributed by atoms with E-state index in [1.165, 1.54) is 17.8 Å². The fourth-order valence-electron chi connectivity index (χ4n) is 3.02. The van der Waals surface area contributed by atoms with Gasteiger partial charge in [-0.2, -0.15) is 4.39 Å². The summed E-state index contributed by atoms with van der Waals surface area (Å²) in [6.07, 6.45) is 1.68. The zero-order valence-corrected chi connectivity index (χ0v) is 16.3. The van der Waals surface area contributed by atoms with Crippen LogP contribution in [0.4, 0.5) is 4.39 Å². The number of halogens is 2. The molecule has 0 spiro atoms. The third-order valence-electron chi connectivity index (χ3n) is 4.51. The molecule has 132 valence electrons. The Morgan fingerprint density at radius 1 is 1.04 bits per heavy atom. The van der Waals surface area contributed by atoms with Gasteiger partial charge in [0.05, 0.1) is 0 Å². The molecule has 0 fully saturated rings. The number of hydrogen-bond donors (Lipinski definition) is 0.